The summed E-state index contributed by atoms with van der Waals surface area (Å²) in [5.74, 6) is 0.862. The van der Waals surface area contributed by atoms with Crippen molar-refractivity contribution in [2.45, 2.75) is 72.8 Å². The number of aromatic nitrogens is 3. The first-order chi connectivity index (χ1) is 15.1. The molecule has 0 radical (unpaired) electrons. The normalized spacial score (nSPS) is 14.8. The summed E-state index contributed by atoms with van der Waals surface area (Å²) in [5.41, 5.74) is 4.48. The summed E-state index contributed by atoms with van der Waals surface area (Å²) < 4.78 is 4.04. The minimum atomic E-state index is -0.550. The highest BCUT2D eigenvalue weighted by molar-refractivity contribution is 6.11. The van der Waals surface area contributed by atoms with Gasteiger partial charge in [0.2, 0.25) is 0 Å². The van der Waals surface area contributed by atoms with Crippen molar-refractivity contribution >= 4 is 22.5 Å². The van der Waals surface area contributed by atoms with Crippen LogP contribution in [0.3, 0.4) is 0 Å². The van der Waals surface area contributed by atoms with E-state index in [-0.39, 0.29) is 17.5 Å². The van der Waals surface area contributed by atoms with E-state index in [1.807, 2.05) is 33.2 Å². The van der Waals surface area contributed by atoms with E-state index < -0.39 is 5.41 Å². The van der Waals surface area contributed by atoms with Crippen molar-refractivity contribution in [2.75, 3.05) is 0 Å². The van der Waals surface area contributed by atoms with Gasteiger partial charge in [-0.1, -0.05) is 40.2 Å². The van der Waals surface area contributed by atoms with Gasteiger partial charge in [-0.3, -0.25) is 14.3 Å². The van der Waals surface area contributed by atoms with E-state index in [2.05, 4.69) is 41.7 Å². The van der Waals surface area contributed by atoms with Gasteiger partial charge in [0, 0.05) is 53.2 Å². The Morgan fingerprint density at radius 2 is 1.91 bits per heavy atom. The molecule has 32 heavy (non-hydrogen) atoms. The molecule has 1 saturated carbocycles. The molecule has 1 aliphatic rings. The van der Waals surface area contributed by atoms with Crippen LogP contribution in [0.1, 0.15) is 87.1 Å². The van der Waals surface area contributed by atoms with Gasteiger partial charge in [-0.25, -0.2) is 0 Å². The van der Waals surface area contributed by atoms with Gasteiger partial charge in [0.15, 0.2) is 5.78 Å². The second-order valence-electron chi connectivity index (χ2n) is 10.4. The molecule has 1 aromatic carbocycles. The second-order valence-corrected chi connectivity index (χ2v) is 10.4. The van der Waals surface area contributed by atoms with Gasteiger partial charge in [-0.15, -0.1) is 0 Å². The monoisotopic (exact) mass is 433 g/mol. The Morgan fingerprint density at radius 1 is 1.19 bits per heavy atom. The number of Topliss-reactive ketones (excluding diaryl/α,β-unsaturated/α-hetero) is 2. The Morgan fingerprint density at radius 3 is 2.44 bits per heavy atom. The number of aryl methyl sites for hydroxylation is 1. The summed E-state index contributed by atoms with van der Waals surface area (Å²) in [4.78, 5) is 26.2. The van der Waals surface area contributed by atoms with Crippen LogP contribution in [0.4, 0.5) is 0 Å². The van der Waals surface area contributed by atoms with Crippen molar-refractivity contribution in [1.82, 2.24) is 14.3 Å². The van der Waals surface area contributed by atoms with Crippen LogP contribution in [0, 0.1) is 11.3 Å². The molecule has 0 unspecified atom stereocenters. The van der Waals surface area contributed by atoms with Crippen LogP contribution < -0.4 is 0 Å². The van der Waals surface area contributed by atoms with E-state index in [0.717, 1.165) is 47.1 Å². The number of rotatable bonds is 8. The first-order valence-electron chi connectivity index (χ1n) is 11.8. The molecule has 0 aliphatic heterocycles. The van der Waals surface area contributed by atoms with E-state index >= 15 is 0 Å². The third-order valence-corrected chi connectivity index (χ3v) is 7.24. The van der Waals surface area contributed by atoms with Gasteiger partial charge < -0.3 is 4.57 Å². The molecule has 3 aromatic rings. The minimum absolute atomic E-state index is 0.103. The van der Waals surface area contributed by atoms with Crippen LogP contribution in [0.5, 0.6) is 0 Å². The third kappa shape index (κ3) is 4.05. The van der Waals surface area contributed by atoms with Gasteiger partial charge in [0.05, 0.1) is 12.2 Å². The van der Waals surface area contributed by atoms with Gasteiger partial charge in [-0.05, 0) is 49.4 Å². The van der Waals surface area contributed by atoms with E-state index in [0.29, 0.717) is 18.9 Å². The van der Waals surface area contributed by atoms with E-state index in [4.69, 9.17) is 0 Å². The van der Waals surface area contributed by atoms with Gasteiger partial charge in [0.1, 0.15) is 5.78 Å². The van der Waals surface area contributed by atoms with E-state index in [1.54, 1.807) is 11.6 Å². The first kappa shape index (κ1) is 22.5. The summed E-state index contributed by atoms with van der Waals surface area (Å²) in [7, 11) is 1.91. The molecular weight excluding hydrogens is 398 g/mol. The predicted molar refractivity (Wildman–Crippen MR) is 128 cm³/mol. The lowest BCUT2D eigenvalue weighted by molar-refractivity contribution is -0.124. The highest BCUT2D eigenvalue weighted by Crippen LogP contribution is 2.39. The number of ketones is 2. The van der Waals surface area contributed by atoms with Crippen molar-refractivity contribution in [2.24, 2.45) is 18.4 Å². The van der Waals surface area contributed by atoms with E-state index in [1.165, 1.54) is 5.56 Å². The lowest BCUT2D eigenvalue weighted by Gasteiger charge is -2.26. The Labute approximate surface area is 190 Å². The quantitative estimate of drug-likeness (QED) is 0.429. The maximum atomic E-state index is 13.8. The minimum Gasteiger partial charge on any atom is -0.338 e. The summed E-state index contributed by atoms with van der Waals surface area (Å²) in [6.45, 7) is 10.6. The molecule has 2 heterocycles. The van der Waals surface area contributed by atoms with Crippen molar-refractivity contribution in [3.63, 3.8) is 0 Å². The average molecular weight is 434 g/mol. The highest BCUT2D eigenvalue weighted by atomic mass is 16.1. The standard InChI is InChI=1S/C27H35N3O2/c1-17(2)20-10-11-23-22(14-20)25(26(32)19-8-7-9-19)24(15-27(4,5)18(3)31)30(23)16-21-12-13-29(6)28-21/h10-14,17,19H,7-9,15-16H2,1-6H3. The molecule has 0 amide bonds. The van der Waals surface area contributed by atoms with Crippen molar-refractivity contribution in [3.8, 4) is 0 Å². The predicted octanol–water partition coefficient (Wildman–Crippen LogP) is 5.69. The van der Waals surface area contributed by atoms with Crippen LogP contribution in [0.25, 0.3) is 10.9 Å². The number of nitrogens with zero attached hydrogens (tertiary/aromatic N) is 3. The van der Waals surface area contributed by atoms with E-state index in [9.17, 15) is 9.59 Å². The SMILES string of the molecule is CC(=O)C(C)(C)Cc1c(C(=O)C2CCC2)c2cc(C(C)C)ccc2n1Cc1ccn(C)n1. The third-order valence-electron chi connectivity index (χ3n) is 7.24. The maximum absolute atomic E-state index is 13.8. The number of carbonyl (C=O) groups excluding carboxylic acids is 2. The number of carbonyl (C=O) groups is 2. The van der Waals surface area contributed by atoms with Crippen LogP contribution >= 0.6 is 0 Å². The zero-order valence-electron chi connectivity index (χ0n) is 20.2. The fraction of sp³-hybridized carbons (Fsp3) is 0.519. The molecule has 0 atom stereocenters. The molecule has 0 spiro atoms. The molecule has 4 rings (SSSR count). The lowest BCUT2D eigenvalue weighted by atomic mass is 9.77. The number of fused-ring (bicyclic) bond motifs is 1. The smallest absolute Gasteiger partial charge is 0.168 e. The summed E-state index contributed by atoms with van der Waals surface area (Å²) in [5, 5.41) is 5.62. The summed E-state index contributed by atoms with van der Waals surface area (Å²) in [6, 6.07) is 8.53. The average Bonchev–Trinajstić information content (AvgIpc) is 3.21. The van der Waals surface area contributed by atoms with Crippen LogP contribution in [0.2, 0.25) is 0 Å². The fourth-order valence-electron chi connectivity index (χ4n) is 4.55. The zero-order valence-corrected chi connectivity index (χ0v) is 20.2. The molecule has 1 fully saturated rings. The molecule has 0 bridgehead atoms. The fourth-order valence-corrected chi connectivity index (χ4v) is 4.55. The van der Waals surface area contributed by atoms with Crippen molar-refractivity contribution in [1.29, 1.82) is 0 Å². The van der Waals surface area contributed by atoms with Crippen molar-refractivity contribution < 1.29 is 9.59 Å². The zero-order chi connectivity index (χ0) is 23.2. The molecular formula is C27H35N3O2. The van der Waals surface area contributed by atoms with Crippen LogP contribution in [0.15, 0.2) is 30.5 Å². The lowest BCUT2D eigenvalue weighted by Crippen LogP contribution is -2.28. The first-order valence-corrected chi connectivity index (χ1v) is 11.8. The number of hydrogen-bond acceptors (Lipinski definition) is 3. The summed E-state index contributed by atoms with van der Waals surface area (Å²) in [6.07, 6.45) is 5.52. The molecule has 5 heteroatoms. The molecule has 0 saturated heterocycles. The molecule has 170 valence electrons. The Hall–Kier alpha value is -2.69. The Bertz CT molecular complexity index is 1180. The molecule has 0 N–H and O–H groups in total. The topological polar surface area (TPSA) is 56.9 Å². The van der Waals surface area contributed by atoms with Gasteiger partial charge in [-0.2, -0.15) is 5.10 Å². The van der Waals surface area contributed by atoms with Gasteiger partial charge >= 0.3 is 0 Å². The second kappa shape index (κ2) is 8.34. The van der Waals surface area contributed by atoms with Crippen LogP contribution in [-0.4, -0.2) is 25.9 Å². The number of benzene rings is 1. The van der Waals surface area contributed by atoms with Gasteiger partial charge in [0.25, 0.3) is 0 Å². The maximum Gasteiger partial charge on any atom is 0.168 e. The number of hydrogen-bond donors (Lipinski definition) is 0. The highest BCUT2D eigenvalue weighted by Gasteiger charge is 2.35. The summed E-state index contributed by atoms with van der Waals surface area (Å²) >= 11 is 0. The molecule has 5 nitrogen and oxygen atoms in total. The van der Waals surface area contributed by atoms with Crippen LogP contribution in [-0.2, 0) is 24.8 Å². The Balaban J connectivity index is 1.97. The largest absolute Gasteiger partial charge is 0.338 e. The van der Waals surface area contributed by atoms with Crippen molar-refractivity contribution in [3.05, 3.63) is 53.0 Å². The molecule has 1 aliphatic carbocycles. The molecule has 2 aromatic heterocycles. The Kier molecular flexibility index (Phi) is 5.87.